The molecule has 4 unspecified atom stereocenters. The first-order chi connectivity index (χ1) is 17.7. The van der Waals surface area contributed by atoms with Gasteiger partial charge in [-0.3, -0.25) is 24.0 Å². The van der Waals surface area contributed by atoms with Crippen molar-refractivity contribution in [3.05, 3.63) is 29.8 Å². The third-order valence-corrected chi connectivity index (χ3v) is 5.37. The quantitative estimate of drug-likeness (QED) is 0.122. The van der Waals surface area contributed by atoms with Crippen LogP contribution in [-0.2, 0) is 35.2 Å². The second-order valence-corrected chi connectivity index (χ2v) is 9.23. The van der Waals surface area contributed by atoms with Crippen LogP contribution in [-0.4, -0.2) is 75.1 Å². The molecule has 210 valence electrons. The molecule has 0 radical (unpaired) electrons. The summed E-state index contributed by atoms with van der Waals surface area (Å²) in [5.74, 6) is -6.19. The Morgan fingerprint density at radius 3 is 1.87 bits per heavy atom. The first-order valence-electron chi connectivity index (χ1n) is 11.9. The van der Waals surface area contributed by atoms with Gasteiger partial charge in [-0.1, -0.05) is 26.0 Å². The number of carboxylic acids is 2. The molecular formula is C24H35N5O9. The van der Waals surface area contributed by atoms with Gasteiger partial charge in [0.25, 0.3) is 0 Å². The van der Waals surface area contributed by atoms with E-state index >= 15 is 0 Å². The number of carboxylic acid groups (broad SMARTS) is 2. The van der Waals surface area contributed by atoms with Gasteiger partial charge in [-0.2, -0.15) is 0 Å². The predicted octanol–water partition coefficient (Wildman–Crippen LogP) is -1.41. The number of hydrogen-bond donors (Lipinski definition) is 8. The average molecular weight is 538 g/mol. The van der Waals surface area contributed by atoms with E-state index in [0.29, 0.717) is 5.56 Å². The van der Waals surface area contributed by atoms with E-state index < -0.39 is 72.6 Å². The first kappa shape index (κ1) is 31.8. The topological polar surface area (TPSA) is 251 Å². The number of nitrogens with two attached hydrogens (primary N) is 2. The summed E-state index contributed by atoms with van der Waals surface area (Å²) in [6, 6.07) is 0.283. The predicted molar refractivity (Wildman–Crippen MR) is 133 cm³/mol. The number of primary amides is 1. The Balaban J connectivity index is 3.18. The average Bonchev–Trinajstić information content (AvgIpc) is 2.80. The number of nitrogens with one attached hydrogen (secondary N) is 3. The van der Waals surface area contributed by atoms with Crippen molar-refractivity contribution < 1.29 is 44.1 Å². The number of phenols is 1. The van der Waals surface area contributed by atoms with Gasteiger partial charge in [-0.25, -0.2) is 4.79 Å². The number of aromatic hydroxyl groups is 1. The second-order valence-electron chi connectivity index (χ2n) is 9.23. The first-order valence-corrected chi connectivity index (χ1v) is 11.9. The van der Waals surface area contributed by atoms with E-state index in [9.17, 15) is 39.0 Å². The summed E-state index contributed by atoms with van der Waals surface area (Å²) < 4.78 is 0. The molecular weight excluding hydrogens is 502 g/mol. The van der Waals surface area contributed by atoms with E-state index in [4.69, 9.17) is 16.6 Å². The Kier molecular flexibility index (Phi) is 12.7. The van der Waals surface area contributed by atoms with Crippen LogP contribution in [0.3, 0.4) is 0 Å². The molecule has 4 atom stereocenters. The molecule has 4 amide bonds. The van der Waals surface area contributed by atoms with E-state index in [0.717, 1.165) is 0 Å². The number of benzene rings is 1. The molecule has 0 aliphatic carbocycles. The van der Waals surface area contributed by atoms with Crippen LogP contribution in [0.1, 0.15) is 45.1 Å². The van der Waals surface area contributed by atoms with Gasteiger partial charge < -0.3 is 42.7 Å². The number of aliphatic carboxylic acids is 2. The lowest BCUT2D eigenvalue weighted by molar-refractivity contribution is -0.143. The van der Waals surface area contributed by atoms with Gasteiger partial charge in [0.05, 0.1) is 12.5 Å². The summed E-state index contributed by atoms with van der Waals surface area (Å²) in [7, 11) is 0. The van der Waals surface area contributed by atoms with Gasteiger partial charge in [0.2, 0.25) is 23.6 Å². The minimum Gasteiger partial charge on any atom is -0.508 e. The molecule has 0 fully saturated rings. The van der Waals surface area contributed by atoms with Gasteiger partial charge >= 0.3 is 11.9 Å². The maximum atomic E-state index is 13.2. The SMILES string of the molecule is CC(C)CC(NC(=O)C(CCC(=O)O)NC(=O)C(Cc1ccc(O)cc1)NC(=O)C(N)CC(N)=O)C(=O)O. The zero-order valence-electron chi connectivity index (χ0n) is 21.2. The fraction of sp³-hybridized carbons (Fsp3) is 0.500. The standard InChI is InChI=1S/C24H35N5O9/c1-12(2)9-18(24(37)38)29-22(35)16(7-8-20(32)33)27-23(36)17(10-13-3-5-14(30)6-4-13)28-21(34)15(25)11-19(26)31/h3-6,12,15-18,30H,7-11,25H2,1-2H3,(H2,26,31)(H,27,36)(H,28,34)(H,29,35)(H,32,33)(H,37,38). The lowest BCUT2D eigenvalue weighted by Crippen LogP contribution is -2.58. The molecule has 1 aromatic rings. The molecule has 38 heavy (non-hydrogen) atoms. The molecule has 0 aliphatic heterocycles. The maximum absolute atomic E-state index is 13.2. The van der Waals surface area contributed by atoms with Crippen LogP contribution >= 0.6 is 0 Å². The summed E-state index contributed by atoms with van der Waals surface area (Å²) in [5, 5.41) is 35.1. The highest BCUT2D eigenvalue weighted by molar-refractivity contribution is 5.95. The number of amides is 4. The van der Waals surface area contributed by atoms with Crippen molar-refractivity contribution in [2.24, 2.45) is 17.4 Å². The van der Waals surface area contributed by atoms with Crippen LogP contribution in [0.25, 0.3) is 0 Å². The molecule has 14 nitrogen and oxygen atoms in total. The molecule has 14 heteroatoms. The summed E-state index contributed by atoms with van der Waals surface area (Å²) in [5.41, 5.74) is 11.2. The van der Waals surface area contributed by atoms with E-state index in [1.54, 1.807) is 13.8 Å². The van der Waals surface area contributed by atoms with Gasteiger partial charge in [0, 0.05) is 12.8 Å². The zero-order chi connectivity index (χ0) is 29.0. The molecule has 0 heterocycles. The second kappa shape index (κ2) is 15.1. The lowest BCUT2D eigenvalue weighted by atomic mass is 10.0. The van der Waals surface area contributed by atoms with E-state index in [-0.39, 0.29) is 30.9 Å². The molecule has 0 saturated heterocycles. The van der Waals surface area contributed by atoms with Crippen molar-refractivity contribution in [3.63, 3.8) is 0 Å². The summed E-state index contributed by atoms with van der Waals surface area (Å²) >= 11 is 0. The Labute approximate surface area is 219 Å². The van der Waals surface area contributed by atoms with E-state index in [1.807, 2.05) is 0 Å². The monoisotopic (exact) mass is 537 g/mol. The Morgan fingerprint density at radius 2 is 1.37 bits per heavy atom. The Bertz CT molecular complexity index is 1010. The highest BCUT2D eigenvalue weighted by atomic mass is 16.4. The van der Waals surface area contributed by atoms with Gasteiger partial charge in [-0.05, 0) is 36.5 Å². The smallest absolute Gasteiger partial charge is 0.326 e. The molecule has 10 N–H and O–H groups in total. The van der Waals surface area contributed by atoms with Crippen molar-refractivity contribution in [1.29, 1.82) is 0 Å². The molecule has 0 saturated carbocycles. The van der Waals surface area contributed by atoms with Crippen molar-refractivity contribution in [1.82, 2.24) is 16.0 Å². The molecule has 1 aromatic carbocycles. The molecule has 0 aromatic heterocycles. The van der Waals surface area contributed by atoms with Crippen LogP contribution in [0.2, 0.25) is 0 Å². The van der Waals surface area contributed by atoms with Crippen molar-refractivity contribution in [2.75, 3.05) is 0 Å². The number of rotatable bonds is 16. The van der Waals surface area contributed by atoms with Crippen LogP contribution < -0.4 is 27.4 Å². The fourth-order valence-electron chi connectivity index (χ4n) is 3.44. The normalized spacial score (nSPS) is 14.0. The number of hydrogen-bond acceptors (Lipinski definition) is 8. The zero-order valence-corrected chi connectivity index (χ0v) is 21.2. The van der Waals surface area contributed by atoms with Crippen molar-refractivity contribution in [3.8, 4) is 5.75 Å². The van der Waals surface area contributed by atoms with E-state index in [2.05, 4.69) is 16.0 Å². The number of carbonyl (C=O) groups is 6. The van der Waals surface area contributed by atoms with Crippen molar-refractivity contribution in [2.45, 2.75) is 70.1 Å². The highest BCUT2D eigenvalue weighted by Gasteiger charge is 2.31. The Morgan fingerprint density at radius 1 is 0.842 bits per heavy atom. The third kappa shape index (κ3) is 11.7. The van der Waals surface area contributed by atoms with Gasteiger partial charge in [-0.15, -0.1) is 0 Å². The molecule has 0 aliphatic rings. The van der Waals surface area contributed by atoms with E-state index in [1.165, 1.54) is 24.3 Å². The minimum absolute atomic E-state index is 0.0398. The maximum Gasteiger partial charge on any atom is 0.326 e. The van der Waals surface area contributed by atoms with Crippen LogP contribution in [0.4, 0.5) is 0 Å². The number of carbonyl (C=O) groups excluding carboxylic acids is 4. The largest absolute Gasteiger partial charge is 0.508 e. The Hall–Kier alpha value is -4.20. The number of phenolic OH excluding ortho intramolecular Hbond substituents is 1. The molecule has 0 bridgehead atoms. The van der Waals surface area contributed by atoms with Crippen molar-refractivity contribution >= 4 is 35.6 Å². The highest BCUT2D eigenvalue weighted by Crippen LogP contribution is 2.12. The third-order valence-electron chi connectivity index (χ3n) is 5.37. The lowest BCUT2D eigenvalue weighted by Gasteiger charge is -2.25. The minimum atomic E-state index is -1.44. The fourth-order valence-corrected chi connectivity index (χ4v) is 3.44. The van der Waals surface area contributed by atoms with Gasteiger partial charge in [0.1, 0.15) is 23.9 Å². The molecule has 0 spiro atoms. The van der Waals surface area contributed by atoms with Gasteiger partial charge in [0.15, 0.2) is 0 Å². The van der Waals surface area contributed by atoms with Crippen LogP contribution in [0.15, 0.2) is 24.3 Å². The van der Waals surface area contributed by atoms with Crippen LogP contribution in [0.5, 0.6) is 5.75 Å². The summed E-state index contributed by atoms with van der Waals surface area (Å²) in [6.45, 7) is 3.51. The summed E-state index contributed by atoms with van der Waals surface area (Å²) in [6.07, 6.45) is -1.40. The van der Waals surface area contributed by atoms with Crippen LogP contribution in [0, 0.1) is 5.92 Å². The summed E-state index contributed by atoms with van der Waals surface area (Å²) in [4.78, 5) is 72.4. The molecule has 1 rings (SSSR count).